The third kappa shape index (κ3) is 11.1. The van der Waals surface area contributed by atoms with Crippen molar-refractivity contribution in [2.75, 3.05) is 26.3 Å². The Balaban J connectivity index is 0.000000690. The van der Waals surface area contributed by atoms with Crippen molar-refractivity contribution in [1.82, 2.24) is 0 Å². The van der Waals surface area contributed by atoms with Gasteiger partial charge in [0.05, 0.1) is 13.2 Å². The fourth-order valence-corrected chi connectivity index (χ4v) is 1.58. The van der Waals surface area contributed by atoms with E-state index in [1.165, 1.54) is 12.8 Å². The minimum Gasteiger partial charge on any atom is -0.493 e. The van der Waals surface area contributed by atoms with Crippen LogP contribution in [-0.4, -0.2) is 26.3 Å². The lowest BCUT2D eigenvalue weighted by molar-refractivity contribution is 0.299. The lowest BCUT2D eigenvalue weighted by atomic mass is 10.2. The molecular weight excluding hydrogens is 264 g/mol. The normalized spacial score (nSPS) is 9.76. The minimum atomic E-state index is 0.658. The van der Waals surface area contributed by atoms with Gasteiger partial charge in [-0.15, -0.1) is 0 Å². The highest BCUT2D eigenvalue weighted by molar-refractivity contribution is 5.37. The summed E-state index contributed by atoms with van der Waals surface area (Å²) in [4.78, 5) is 0. The molecule has 1 aromatic rings. The van der Waals surface area contributed by atoms with Crippen LogP contribution in [0.25, 0.3) is 0 Å². The molecule has 0 heterocycles. The number of unbranched alkanes of at least 4 members (excludes halogenated alkanes) is 1. The number of ether oxygens (including phenoxy) is 2. The van der Waals surface area contributed by atoms with Crippen LogP contribution >= 0.6 is 0 Å². The Morgan fingerprint density at radius 2 is 1.38 bits per heavy atom. The predicted octanol–water partition coefficient (Wildman–Crippen LogP) is 3.26. The summed E-state index contributed by atoms with van der Waals surface area (Å²) in [5.74, 6) is 1.74. The summed E-state index contributed by atoms with van der Waals surface area (Å²) in [5.41, 5.74) is 11.7. The first-order valence-electron chi connectivity index (χ1n) is 7.95. The van der Waals surface area contributed by atoms with E-state index in [4.69, 9.17) is 20.9 Å². The highest BCUT2D eigenvalue weighted by Gasteiger charge is 2.00. The van der Waals surface area contributed by atoms with Gasteiger partial charge in [-0.25, -0.2) is 0 Å². The van der Waals surface area contributed by atoms with Crippen molar-refractivity contribution in [3.8, 4) is 11.5 Å². The van der Waals surface area contributed by atoms with E-state index in [1.54, 1.807) is 0 Å². The van der Waals surface area contributed by atoms with E-state index < -0.39 is 0 Å². The Bertz CT molecular complexity index is 355. The maximum atomic E-state index is 5.59. The Labute approximate surface area is 129 Å². The molecule has 1 aromatic carbocycles. The van der Waals surface area contributed by atoms with E-state index in [9.17, 15) is 0 Å². The molecule has 0 aromatic heterocycles. The van der Waals surface area contributed by atoms with E-state index in [1.807, 2.05) is 25.1 Å². The van der Waals surface area contributed by atoms with E-state index in [0.29, 0.717) is 13.2 Å². The zero-order chi connectivity index (χ0) is 15.9. The molecule has 0 aliphatic heterocycles. The van der Waals surface area contributed by atoms with E-state index in [0.717, 1.165) is 43.1 Å². The zero-order valence-corrected chi connectivity index (χ0v) is 13.9. The molecule has 0 bridgehead atoms. The van der Waals surface area contributed by atoms with Crippen LogP contribution in [0.1, 0.15) is 45.1 Å². The molecule has 0 aliphatic carbocycles. The van der Waals surface area contributed by atoms with E-state index >= 15 is 0 Å². The van der Waals surface area contributed by atoms with Gasteiger partial charge in [-0.2, -0.15) is 0 Å². The molecule has 0 amide bonds. The number of benzene rings is 1. The number of hydrogen-bond donors (Lipinski definition) is 2. The fourth-order valence-electron chi connectivity index (χ4n) is 1.58. The molecule has 0 radical (unpaired) electrons. The summed E-state index contributed by atoms with van der Waals surface area (Å²) in [7, 11) is 0. The van der Waals surface area contributed by atoms with Crippen LogP contribution in [-0.2, 0) is 0 Å². The topological polar surface area (TPSA) is 70.5 Å². The third-order valence-electron chi connectivity index (χ3n) is 2.67. The molecule has 4 heteroatoms. The van der Waals surface area contributed by atoms with Crippen molar-refractivity contribution in [2.24, 2.45) is 11.5 Å². The summed E-state index contributed by atoms with van der Waals surface area (Å²) >= 11 is 0. The third-order valence-corrected chi connectivity index (χ3v) is 2.67. The van der Waals surface area contributed by atoms with Gasteiger partial charge in [0.25, 0.3) is 0 Å². The predicted molar refractivity (Wildman–Crippen MR) is 90.1 cm³/mol. The van der Waals surface area contributed by atoms with Crippen molar-refractivity contribution < 1.29 is 9.47 Å². The molecule has 0 spiro atoms. The van der Waals surface area contributed by atoms with Crippen LogP contribution < -0.4 is 20.9 Å². The number of hydrogen-bond acceptors (Lipinski definition) is 4. The number of rotatable bonds is 9. The van der Waals surface area contributed by atoms with Gasteiger partial charge < -0.3 is 20.9 Å². The van der Waals surface area contributed by atoms with Crippen LogP contribution in [0.4, 0.5) is 0 Å². The average Bonchev–Trinajstić information content (AvgIpc) is 2.46. The van der Waals surface area contributed by atoms with Crippen molar-refractivity contribution in [2.45, 2.75) is 46.5 Å². The fraction of sp³-hybridized carbons (Fsp3) is 0.647. The molecule has 0 unspecified atom stereocenters. The lowest BCUT2D eigenvalue weighted by Gasteiger charge is -2.10. The molecule has 0 atom stereocenters. The molecule has 122 valence electrons. The lowest BCUT2D eigenvalue weighted by Crippen LogP contribution is -2.06. The van der Waals surface area contributed by atoms with Gasteiger partial charge in [-0.05, 0) is 57.0 Å². The number of aryl methyl sites for hydroxylation is 1. The largest absolute Gasteiger partial charge is 0.493 e. The molecule has 0 fully saturated rings. The first-order valence-corrected chi connectivity index (χ1v) is 7.95. The van der Waals surface area contributed by atoms with E-state index in [-0.39, 0.29) is 0 Å². The first-order chi connectivity index (χ1) is 10.2. The smallest absolute Gasteiger partial charge is 0.123 e. The highest BCUT2D eigenvalue weighted by Crippen LogP contribution is 2.22. The van der Waals surface area contributed by atoms with Gasteiger partial charge in [0.1, 0.15) is 11.5 Å². The van der Waals surface area contributed by atoms with Gasteiger partial charge in [-0.1, -0.05) is 20.3 Å². The van der Waals surface area contributed by atoms with Gasteiger partial charge >= 0.3 is 0 Å². The molecule has 1 rings (SSSR count). The second-order valence-corrected chi connectivity index (χ2v) is 4.96. The number of nitrogens with two attached hydrogens (primary N) is 2. The van der Waals surface area contributed by atoms with Crippen LogP contribution in [0, 0.1) is 6.92 Å². The van der Waals surface area contributed by atoms with Gasteiger partial charge in [0, 0.05) is 6.07 Å². The van der Waals surface area contributed by atoms with Crippen LogP contribution in [0.2, 0.25) is 0 Å². The second kappa shape index (κ2) is 13.7. The van der Waals surface area contributed by atoms with Crippen molar-refractivity contribution in [3.63, 3.8) is 0 Å². The van der Waals surface area contributed by atoms with Crippen LogP contribution in [0.3, 0.4) is 0 Å². The SMILES string of the molecule is CCCCN.CCCOc1cc(C)cc(OCCCN)c1. The van der Waals surface area contributed by atoms with Crippen LogP contribution in [0.15, 0.2) is 18.2 Å². The second-order valence-electron chi connectivity index (χ2n) is 4.96. The van der Waals surface area contributed by atoms with Gasteiger partial charge in [0.2, 0.25) is 0 Å². The van der Waals surface area contributed by atoms with Crippen molar-refractivity contribution >= 4 is 0 Å². The Hall–Kier alpha value is -1.26. The zero-order valence-electron chi connectivity index (χ0n) is 13.9. The Morgan fingerprint density at radius 1 is 0.810 bits per heavy atom. The molecule has 21 heavy (non-hydrogen) atoms. The molecule has 0 saturated carbocycles. The monoisotopic (exact) mass is 296 g/mol. The molecule has 0 aliphatic rings. The highest BCUT2D eigenvalue weighted by atomic mass is 16.5. The average molecular weight is 296 g/mol. The minimum absolute atomic E-state index is 0.658. The molecule has 4 nitrogen and oxygen atoms in total. The summed E-state index contributed by atoms with van der Waals surface area (Å²) < 4.78 is 11.2. The van der Waals surface area contributed by atoms with Crippen molar-refractivity contribution in [1.29, 1.82) is 0 Å². The van der Waals surface area contributed by atoms with Gasteiger partial charge in [-0.3, -0.25) is 0 Å². The summed E-state index contributed by atoms with van der Waals surface area (Å²) in [6.07, 6.45) is 4.27. The molecular formula is C17H32N2O2. The van der Waals surface area contributed by atoms with E-state index in [2.05, 4.69) is 13.8 Å². The van der Waals surface area contributed by atoms with Crippen LogP contribution in [0.5, 0.6) is 11.5 Å². The summed E-state index contributed by atoms with van der Waals surface area (Å²) in [6, 6.07) is 5.96. The van der Waals surface area contributed by atoms with Crippen molar-refractivity contribution in [3.05, 3.63) is 23.8 Å². The Kier molecular flexibility index (Phi) is 12.9. The standard InChI is InChI=1S/C13H21NO2.C4H11N/c1-3-6-15-12-8-11(2)9-13(10-12)16-7-4-5-14;1-2-3-4-5/h8-10H,3-7,14H2,1-2H3;2-5H2,1H3. The maximum Gasteiger partial charge on any atom is 0.123 e. The summed E-state index contributed by atoms with van der Waals surface area (Å²) in [5, 5.41) is 0. The Morgan fingerprint density at radius 3 is 1.81 bits per heavy atom. The first kappa shape index (κ1) is 19.7. The molecule has 4 N–H and O–H groups in total. The maximum absolute atomic E-state index is 5.59. The van der Waals surface area contributed by atoms with Gasteiger partial charge in [0.15, 0.2) is 0 Å². The summed E-state index contributed by atoms with van der Waals surface area (Å²) in [6.45, 7) is 9.16. The molecule has 0 saturated heterocycles. The quantitative estimate of drug-likeness (QED) is 0.686.